The molecular weight excluding hydrogens is 254 g/mol. The van der Waals surface area contributed by atoms with Crippen LogP contribution in [0.1, 0.15) is 5.56 Å². The lowest BCUT2D eigenvalue weighted by Crippen LogP contribution is -2.52. The first-order valence-corrected chi connectivity index (χ1v) is 6.13. The number of hydrogen-bond donors (Lipinski definition) is 1. The second-order valence-corrected chi connectivity index (χ2v) is 4.48. The molecule has 1 fully saturated rings. The maximum Gasteiger partial charge on any atom is 0.227 e. The first kappa shape index (κ1) is 13.9. The van der Waals surface area contributed by atoms with Gasteiger partial charge in [-0.2, -0.15) is 0 Å². The van der Waals surface area contributed by atoms with Gasteiger partial charge in [0.1, 0.15) is 0 Å². The zero-order valence-electron chi connectivity index (χ0n) is 10.4. The van der Waals surface area contributed by atoms with Gasteiger partial charge in [-0.15, -0.1) is 0 Å². The molecule has 6 heteroatoms. The minimum Gasteiger partial charge on any atom is -0.377 e. The average molecular weight is 270 g/mol. The fourth-order valence-electron chi connectivity index (χ4n) is 2.10. The van der Waals surface area contributed by atoms with Gasteiger partial charge in [0.15, 0.2) is 11.6 Å². The van der Waals surface area contributed by atoms with E-state index in [1.165, 1.54) is 6.07 Å². The first-order valence-electron chi connectivity index (χ1n) is 6.13. The molecule has 0 aliphatic carbocycles. The lowest BCUT2D eigenvalue weighted by molar-refractivity contribution is -0.138. The number of carbonyl (C=O) groups is 1. The molecule has 1 aliphatic heterocycles. The summed E-state index contributed by atoms with van der Waals surface area (Å²) in [5.41, 5.74) is 6.04. The fraction of sp³-hybridized carbons (Fsp3) is 0.462. The summed E-state index contributed by atoms with van der Waals surface area (Å²) in [5, 5.41) is 0. The van der Waals surface area contributed by atoms with Crippen molar-refractivity contribution in [2.45, 2.75) is 12.5 Å². The van der Waals surface area contributed by atoms with Crippen LogP contribution in [0.3, 0.4) is 0 Å². The Bertz CT molecular complexity index is 468. The Morgan fingerprint density at radius 2 is 2.21 bits per heavy atom. The van der Waals surface area contributed by atoms with E-state index in [-0.39, 0.29) is 18.4 Å². The van der Waals surface area contributed by atoms with Gasteiger partial charge in [-0.25, -0.2) is 8.78 Å². The van der Waals surface area contributed by atoms with Crippen LogP contribution in [0.15, 0.2) is 18.2 Å². The van der Waals surface area contributed by atoms with E-state index >= 15 is 0 Å². The lowest BCUT2D eigenvalue weighted by atomic mass is 10.1. The van der Waals surface area contributed by atoms with Gasteiger partial charge in [0.25, 0.3) is 0 Å². The van der Waals surface area contributed by atoms with Crippen LogP contribution in [0.4, 0.5) is 8.78 Å². The predicted molar refractivity (Wildman–Crippen MR) is 65.4 cm³/mol. The quantitative estimate of drug-likeness (QED) is 0.879. The van der Waals surface area contributed by atoms with Crippen LogP contribution in [-0.4, -0.2) is 43.2 Å². The van der Waals surface area contributed by atoms with Gasteiger partial charge < -0.3 is 15.4 Å². The van der Waals surface area contributed by atoms with Crippen molar-refractivity contribution in [1.82, 2.24) is 4.90 Å². The average Bonchev–Trinajstić information content (AvgIpc) is 2.43. The molecule has 1 aromatic rings. The minimum absolute atomic E-state index is 0.0354. The molecule has 1 aliphatic rings. The molecule has 2 N–H and O–H groups in total. The van der Waals surface area contributed by atoms with Gasteiger partial charge in [-0.3, -0.25) is 4.79 Å². The number of amides is 1. The van der Waals surface area contributed by atoms with Crippen molar-refractivity contribution in [3.8, 4) is 0 Å². The number of halogens is 2. The van der Waals surface area contributed by atoms with Gasteiger partial charge >= 0.3 is 0 Å². The zero-order valence-corrected chi connectivity index (χ0v) is 10.4. The highest BCUT2D eigenvalue weighted by Gasteiger charge is 2.26. The summed E-state index contributed by atoms with van der Waals surface area (Å²) < 4.78 is 31.1. The third-order valence-corrected chi connectivity index (χ3v) is 3.16. The third-order valence-electron chi connectivity index (χ3n) is 3.16. The van der Waals surface area contributed by atoms with E-state index in [1.807, 2.05) is 0 Å². The highest BCUT2D eigenvalue weighted by molar-refractivity contribution is 5.79. The van der Waals surface area contributed by atoms with Gasteiger partial charge in [-0.05, 0) is 17.7 Å². The van der Waals surface area contributed by atoms with Crippen LogP contribution >= 0.6 is 0 Å². The van der Waals surface area contributed by atoms with Crippen molar-refractivity contribution >= 4 is 5.91 Å². The molecule has 0 bridgehead atoms. The standard InChI is InChI=1S/C13H16F2N2O2/c14-11-2-1-9(5-12(11)15)6-13(18)17-3-4-19-8-10(17)7-16/h1-2,5,10H,3-4,6-8,16H2. The number of hydrogen-bond acceptors (Lipinski definition) is 3. The van der Waals surface area contributed by atoms with Crippen LogP contribution in [0.5, 0.6) is 0 Å². The highest BCUT2D eigenvalue weighted by atomic mass is 19.2. The third kappa shape index (κ3) is 3.27. The van der Waals surface area contributed by atoms with E-state index in [2.05, 4.69) is 0 Å². The van der Waals surface area contributed by atoms with Gasteiger partial charge in [0.2, 0.25) is 5.91 Å². The maximum atomic E-state index is 13.1. The van der Waals surface area contributed by atoms with E-state index in [0.29, 0.717) is 31.9 Å². The van der Waals surface area contributed by atoms with E-state index < -0.39 is 11.6 Å². The molecule has 1 aromatic carbocycles. The predicted octanol–water partition coefficient (Wildman–Crippen LogP) is 0.693. The monoisotopic (exact) mass is 270 g/mol. The van der Waals surface area contributed by atoms with E-state index in [4.69, 9.17) is 10.5 Å². The molecule has 0 radical (unpaired) electrons. The number of nitrogens with two attached hydrogens (primary N) is 1. The van der Waals surface area contributed by atoms with Crippen LogP contribution in [-0.2, 0) is 16.0 Å². The van der Waals surface area contributed by atoms with Crippen LogP contribution in [0, 0.1) is 11.6 Å². The molecule has 0 aromatic heterocycles. The van der Waals surface area contributed by atoms with E-state index in [0.717, 1.165) is 12.1 Å². The number of nitrogens with zero attached hydrogens (tertiary/aromatic N) is 1. The summed E-state index contributed by atoms with van der Waals surface area (Å²) in [6.07, 6.45) is 0.0354. The van der Waals surface area contributed by atoms with Crippen molar-refractivity contribution < 1.29 is 18.3 Å². The summed E-state index contributed by atoms with van der Waals surface area (Å²) in [6.45, 7) is 1.69. The normalized spacial score (nSPS) is 19.5. The number of benzene rings is 1. The Labute approximate surface area is 110 Å². The van der Waals surface area contributed by atoms with Crippen LogP contribution in [0.2, 0.25) is 0 Å². The lowest BCUT2D eigenvalue weighted by Gasteiger charge is -2.35. The number of ether oxygens (including phenoxy) is 1. The molecule has 4 nitrogen and oxygen atoms in total. The summed E-state index contributed by atoms with van der Waals surface area (Å²) in [7, 11) is 0. The summed E-state index contributed by atoms with van der Waals surface area (Å²) in [6, 6.07) is 3.34. The van der Waals surface area contributed by atoms with Crippen molar-refractivity contribution in [3.05, 3.63) is 35.4 Å². The maximum absolute atomic E-state index is 13.1. The molecule has 1 atom stereocenters. The topological polar surface area (TPSA) is 55.6 Å². The van der Waals surface area contributed by atoms with Crippen LogP contribution < -0.4 is 5.73 Å². The second kappa shape index (κ2) is 6.08. The molecule has 0 saturated carbocycles. The van der Waals surface area contributed by atoms with Crippen molar-refractivity contribution in [1.29, 1.82) is 0 Å². The van der Waals surface area contributed by atoms with Gasteiger partial charge in [0, 0.05) is 13.1 Å². The Balaban J connectivity index is 2.05. The molecule has 104 valence electrons. The largest absolute Gasteiger partial charge is 0.377 e. The smallest absolute Gasteiger partial charge is 0.227 e. The van der Waals surface area contributed by atoms with Crippen molar-refractivity contribution in [3.63, 3.8) is 0 Å². The molecule has 2 rings (SSSR count). The molecule has 0 spiro atoms. The fourth-order valence-corrected chi connectivity index (χ4v) is 2.10. The molecule has 19 heavy (non-hydrogen) atoms. The molecule has 1 amide bonds. The molecule has 1 heterocycles. The SMILES string of the molecule is NCC1COCCN1C(=O)Cc1ccc(F)c(F)c1. The van der Waals surface area contributed by atoms with E-state index in [1.54, 1.807) is 4.90 Å². The minimum atomic E-state index is -0.942. The Kier molecular flexibility index (Phi) is 4.44. The summed E-state index contributed by atoms with van der Waals surface area (Å²) in [4.78, 5) is 13.8. The second-order valence-electron chi connectivity index (χ2n) is 4.48. The number of carbonyl (C=O) groups excluding carboxylic acids is 1. The summed E-state index contributed by atoms with van der Waals surface area (Å²) in [5.74, 6) is -2.00. The van der Waals surface area contributed by atoms with Crippen molar-refractivity contribution in [2.75, 3.05) is 26.3 Å². The van der Waals surface area contributed by atoms with Crippen LogP contribution in [0.25, 0.3) is 0 Å². The number of rotatable bonds is 3. The Hall–Kier alpha value is -1.53. The Morgan fingerprint density at radius 1 is 1.42 bits per heavy atom. The molecular formula is C13H16F2N2O2. The number of morpholine rings is 1. The first-order chi connectivity index (χ1) is 9.11. The van der Waals surface area contributed by atoms with Gasteiger partial charge in [-0.1, -0.05) is 6.07 Å². The van der Waals surface area contributed by atoms with Crippen molar-refractivity contribution in [2.24, 2.45) is 5.73 Å². The molecule has 1 unspecified atom stereocenters. The molecule has 1 saturated heterocycles. The highest BCUT2D eigenvalue weighted by Crippen LogP contribution is 2.13. The van der Waals surface area contributed by atoms with Gasteiger partial charge in [0.05, 0.1) is 25.7 Å². The zero-order chi connectivity index (χ0) is 13.8. The van der Waals surface area contributed by atoms with E-state index in [9.17, 15) is 13.6 Å². The summed E-state index contributed by atoms with van der Waals surface area (Å²) >= 11 is 0. The Morgan fingerprint density at radius 3 is 2.89 bits per heavy atom.